The Morgan fingerprint density at radius 3 is 1.31 bits per heavy atom. The van der Waals surface area contributed by atoms with Crippen molar-refractivity contribution in [3.63, 3.8) is 0 Å². The highest BCUT2D eigenvalue weighted by molar-refractivity contribution is 6.83. The van der Waals surface area contributed by atoms with Crippen molar-refractivity contribution in [1.29, 1.82) is 0 Å². The van der Waals surface area contributed by atoms with Gasteiger partial charge in [-0.25, -0.2) is 0 Å². The van der Waals surface area contributed by atoms with Crippen LogP contribution in [0.5, 0.6) is 0 Å². The first kappa shape index (κ1) is 13.0. The van der Waals surface area contributed by atoms with Crippen LogP contribution in [0.3, 0.4) is 0 Å². The van der Waals surface area contributed by atoms with Crippen LogP contribution in [-0.4, -0.2) is 8.07 Å². The second-order valence-corrected chi connectivity index (χ2v) is 11.2. The molecule has 0 aliphatic carbocycles. The van der Waals surface area contributed by atoms with Gasteiger partial charge in [0.25, 0.3) is 0 Å². The van der Waals surface area contributed by atoms with Crippen LogP contribution in [0, 0.1) is 0 Å². The molecule has 0 aliphatic rings. The topological polar surface area (TPSA) is 0 Å². The molecule has 0 rings (SSSR count). The van der Waals surface area contributed by atoms with Crippen LogP contribution in [0.1, 0.15) is 41.5 Å². The Kier molecular flexibility index (Phi) is 4.98. The van der Waals surface area contributed by atoms with Gasteiger partial charge in [-0.1, -0.05) is 64.2 Å². The highest BCUT2D eigenvalue weighted by Crippen LogP contribution is 2.44. The lowest BCUT2D eigenvalue weighted by atomic mass is 10.5. The van der Waals surface area contributed by atoms with E-state index in [4.69, 9.17) is 0 Å². The molecule has 0 spiro atoms. The zero-order valence-corrected chi connectivity index (χ0v) is 11.2. The zero-order chi connectivity index (χ0) is 10.6. The van der Waals surface area contributed by atoms with Crippen LogP contribution in [0.15, 0.2) is 12.7 Å². The van der Waals surface area contributed by atoms with Crippen LogP contribution >= 0.6 is 0 Å². The van der Waals surface area contributed by atoms with Crippen molar-refractivity contribution < 1.29 is 0 Å². The summed E-state index contributed by atoms with van der Waals surface area (Å²) in [5.41, 5.74) is 2.60. The Labute approximate surface area is 85.4 Å². The summed E-state index contributed by atoms with van der Waals surface area (Å²) in [7, 11) is -1.15. The van der Waals surface area contributed by atoms with E-state index in [9.17, 15) is 0 Å². The van der Waals surface area contributed by atoms with Crippen molar-refractivity contribution in [2.24, 2.45) is 0 Å². The Morgan fingerprint density at radius 1 is 0.923 bits per heavy atom. The third-order valence-corrected chi connectivity index (χ3v) is 11.2. The molecule has 0 amide bonds. The second-order valence-electron chi connectivity index (χ2n) is 5.07. The lowest BCUT2D eigenvalue weighted by molar-refractivity contribution is 0.811. The van der Waals surface area contributed by atoms with Crippen LogP contribution < -0.4 is 0 Å². The third-order valence-electron chi connectivity index (χ3n) is 3.72. The molecule has 0 unspecified atom stereocenters. The molecule has 0 saturated carbocycles. The smallest absolute Gasteiger partial charge is 0.0650 e. The summed E-state index contributed by atoms with van der Waals surface area (Å²) < 4.78 is 0. The van der Waals surface area contributed by atoms with E-state index in [2.05, 4.69) is 54.2 Å². The number of rotatable bonds is 5. The van der Waals surface area contributed by atoms with Crippen molar-refractivity contribution in [3.05, 3.63) is 12.7 Å². The Bertz CT molecular complexity index is 135. The molecule has 0 bridgehead atoms. The first-order valence-corrected chi connectivity index (χ1v) is 7.94. The predicted octanol–water partition coefficient (Wildman–Crippen LogP) is 4.85. The van der Waals surface area contributed by atoms with Crippen LogP contribution in [0.2, 0.25) is 22.7 Å². The molecule has 0 N–H and O–H groups in total. The fourth-order valence-corrected chi connectivity index (χ4v) is 8.87. The Morgan fingerprint density at radius 2 is 1.23 bits per heavy atom. The monoisotopic (exact) mass is 198 g/mol. The first-order chi connectivity index (χ1) is 5.89. The molecule has 0 atom stereocenters. The lowest BCUT2D eigenvalue weighted by Gasteiger charge is -2.42. The van der Waals surface area contributed by atoms with E-state index in [-0.39, 0.29) is 0 Å². The number of hydrogen-bond donors (Lipinski definition) is 0. The van der Waals surface area contributed by atoms with Crippen molar-refractivity contribution in [2.75, 3.05) is 0 Å². The maximum Gasteiger partial charge on any atom is 0.0650 e. The highest BCUT2D eigenvalue weighted by atomic mass is 28.3. The summed E-state index contributed by atoms with van der Waals surface area (Å²) in [5, 5.41) is 0. The minimum absolute atomic E-state index is 0.866. The minimum atomic E-state index is -1.15. The van der Waals surface area contributed by atoms with Gasteiger partial charge in [0.2, 0.25) is 0 Å². The summed E-state index contributed by atoms with van der Waals surface area (Å²) in [4.78, 5) is 0. The van der Waals surface area contributed by atoms with E-state index in [0.29, 0.717) is 0 Å². The molecule has 0 aromatic rings. The Hall–Kier alpha value is -0.0431. The second kappa shape index (κ2) is 4.99. The fourth-order valence-electron chi connectivity index (χ4n) is 2.96. The van der Waals surface area contributed by atoms with Gasteiger partial charge in [-0.05, 0) is 6.04 Å². The van der Waals surface area contributed by atoms with Crippen LogP contribution in [0.25, 0.3) is 0 Å². The molecule has 0 aliphatic heterocycles. The van der Waals surface area contributed by atoms with Crippen molar-refractivity contribution in [1.82, 2.24) is 0 Å². The summed E-state index contributed by atoms with van der Waals surface area (Å²) in [6.45, 7) is 18.3. The molecule has 0 nitrogen and oxygen atoms in total. The van der Waals surface area contributed by atoms with Crippen molar-refractivity contribution >= 4 is 8.07 Å². The van der Waals surface area contributed by atoms with Gasteiger partial charge < -0.3 is 0 Å². The van der Waals surface area contributed by atoms with Gasteiger partial charge in [0.1, 0.15) is 0 Å². The highest BCUT2D eigenvalue weighted by Gasteiger charge is 2.40. The summed E-state index contributed by atoms with van der Waals surface area (Å²) in [6.07, 6.45) is 2.15. The average Bonchev–Trinajstić information content (AvgIpc) is 1.97. The molecule has 0 radical (unpaired) electrons. The normalized spacial score (nSPS) is 13.0. The number of allylic oxidation sites excluding steroid dienone is 1. The van der Waals surface area contributed by atoms with Crippen LogP contribution in [-0.2, 0) is 0 Å². The summed E-state index contributed by atoms with van der Waals surface area (Å²) in [5.74, 6) is 0. The van der Waals surface area contributed by atoms with E-state index >= 15 is 0 Å². The van der Waals surface area contributed by atoms with Gasteiger partial charge in [-0.2, -0.15) is 0 Å². The lowest BCUT2D eigenvalue weighted by Crippen LogP contribution is -2.43. The van der Waals surface area contributed by atoms with E-state index in [0.717, 1.165) is 16.6 Å². The molecule has 0 aromatic carbocycles. The number of hydrogen-bond acceptors (Lipinski definition) is 0. The average molecular weight is 198 g/mol. The Balaban J connectivity index is 4.92. The quantitative estimate of drug-likeness (QED) is 0.437. The van der Waals surface area contributed by atoms with Crippen molar-refractivity contribution in [3.8, 4) is 0 Å². The molecular weight excluding hydrogens is 172 g/mol. The SMILES string of the molecule is C=CC[Si](C(C)C)(C(C)C)C(C)C. The van der Waals surface area contributed by atoms with Crippen LogP contribution in [0.4, 0.5) is 0 Å². The molecule has 0 heterocycles. The van der Waals surface area contributed by atoms with E-state index in [1.807, 2.05) is 0 Å². The summed E-state index contributed by atoms with van der Waals surface area (Å²) in [6, 6.07) is 1.28. The van der Waals surface area contributed by atoms with E-state index < -0.39 is 8.07 Å². The fraction of sp³-hybridized carbons (Fsp3) is 0.833. The largest absolute Gasteiger partial charge is 0.103 e. The predicted molar refractivity (Wildman–Crippen MR) is 66.1 cm³/mol. The molecule has 0 saturated heterocycles. The van der Waals surface area contributed by atoms with Gasteiger partial charge in [0, 0.05) is 0 Å². The molecule has 78 valence electrons. The molecule has 0 fully saturated rings. The summed E-state index contributed by atoms with van der Waals surface area (Å²) >= 11 is 0. The van der Waals surface area contributed by atoms with Gasteiger partial charge in [0.15, 0.2) is 0 Å². The molecule has 0 aromatic heterocycles. The van der Waals surface area contributed by atoms with E-state index in [1.54, 1.807) is 0 Å². The zero-order valence-electron chi connectivity index (χ0n) is 10.2. The first-order valence-electron chi connectivity index (χ1n) is 5.50. The van der Waals surface area contributed by atoms with Gasteiger partial charge in [0.05, 0.1) is 8.07 Å². The molecule has 13 heavy (non-hydrogen) atoms. The van der Waals surface area contributed by atoms with Crippen molar-refractivity contribution in [2.45, 2.75) is 64.2 Å². The maximum absolute atomic E-state index is 3.93. The van der Waals surface area contributed by atoms with Gasteiger partial charge in [-0.3, -0.25) is 0 Å². The third kappa shape index (κ3) is 2.46. The standard InChI is InChI=1S/C12H26Si/c1-8-9-13(10(2)3,11(4)5)12(6)7/h8,10-12H,1,9H2,2-7H3. The van der Waals surface area contributed by atoms with Gasteiger partial charge in [-0.15, -0.1) is 6.58 Å². The minimum Gasteiger partial charge on any atom is -0.103 e. The molecular formula is C12H26Si. The van der Waals surface area contributed by atoms with E-state index in [1.165, 1.54) is 6.04 Å². The van der Waals surface area contributed by atoms with Gasteiger partial charge >= 0.3 is 0 Å². The molecule has 1 heteroatoms. The maximum atomic E-state index is 3.93.